The molecule has 5 nitrogen and oxygen atoms in total. The fraction of sp³-hybridized carbons (Fsp3) is 0.100. The first-order chi connectivity index (χ1) is 12.5. The lowest BCUT2D eigenvalue weighted by molar-refractivity contribution is 0.627. The number of pyridine rings is 1. The maximum absolute atomic E-state index is 13.2. The van der Waals surface area contributed by atoms with E-state index in [0.29, 0.717) is 28.0 Å². The molecule has 2 aromatic heterocycles. The summed E-state index contributed by atoms with van der Waals surface area (Å²) in [6, 6.07) is 14.5. The molecule has 0 spiro atoms. The number of aromatic nitrogens is 3. The molecule has 0 saturated heterocycles. The maximum atomic E-state index is 13.2. The van der Waals surface area contributed by atoms with Crippen LogP contribution in [0.3, 0.4) is 0 Å². The summed E-state index contributed by atoms with van der Waals surface area (Å²) in [5.41, 5.74) is 2.68. The lowest BCUT2D eigenvalue weighted by Crippen LogP contribution is -2.21. The molecule has 0 atom stereocenters. The molecule has 0 bridgehead atoms. The van der Waals surface area contributed by atoms with E-state index in [-0.39, 0.29) is 16.9 Å². The highest BCUT2D eigenvalue weighted by atomic mass is 19.1. The van der Waals surface area contributed by atoms with Crippen molar-refractivity contribution in [2.24, 2.45) is 0 Å². The van der Waals surface area contributed by atoms with E-state index in [1.807, 2.05) is 31.2 Å². The highest BCUT2D eigenvalue weighted by Crippen LogP contribution is 2.17. The molecule has 0 saturated carbocycles. The zero-order chi connectivity index (χ0) is 18.4. The van der Waals surface area contributed by atoms with Gasteiger partial charge in [0, 0.05) is 17.4 Å². The fourth-order valence-electron chi connectivity index (χ4n) is 3.23. The van der Waals surface area contributed by atoms with Gasteiger partial charge in [-0.05, 0) is 55.8 Å². The van der Waals surface area contributed by atoms with Gasteiger partial charge in [-0.15, -0.1) is 0 Å². The Hall–Kier alpha value is -3.41. The van der Waals surface area contributed by atoms with Crippen LogP contribution in [0, 0.1) is 19.7 Å². The van der Waals surface area contributed by atoms with E-state index < -0.39 is 0 Å². The van der Waals surface area contributed by atoms with Crippen LogP contribution in [0.4, 0.5) is 4.39 Å². The minimum Gasteiger partial charge on any atom is -0.290 e. The zero-order valence-corrected chi connectivity index (χ0v) is 14.3. The van der Waals surface area contributed by atoms with Crippen molar-refractivity contribution in [2.45, 2.75) is 13.8 Å². The molecule has 4 aromatic rings. The van der Waals surface area contributed by atoms with Crippen LogP contribution in [0.25, 0.3) is 22.3 Å². The van der Waals surface area contributed by atoms with E-state index in [1.165, 1.54) is 39.6 Å². The van der Waals surface area contributed by atoms with Crippen LogP contribution in [-0.2, 0) is 0 Å². The zero-order valence-electron chi connectivity index (χ0n) is 14.3. The van der Waals surface area contributed by atoms with Crippen LogP contribution in [0.1, 0.15) is 11.3 Å². The van der Waals surface area contributed by atoms with E-state index in [0.717, 1.165) is 5.56 Å². The number of benzene rings is 2. The average molecular weight is 349 g/mol. The first kappa shape index (κ1) is 16.1. The second-order valence-corrected chi connectivity index (χ2v) is 6.26. The molecule has 0 aliphatic heterocycles. The van der Waals surface area contributed by atoms with Crippen molar-refractivity contribution in [3.63, 3.8) is 0 Å². The van der Waals surface area contributed by atoms with E-state index in [9.17, 15) is 14.0 Å². The molecule has 0 aliphatic rings. The highest BCUT2D eigenvalue weighted by molar-refractivity contribution is 5.81. The first-order valence-electron chi connectivity index (χ1n) is 8.16. The third-order valence-electron chi connectivity index (χ3n) is 4.45. The lowest BCUT2D eigenvalue weighted by atomic mass is 10.2. The van der Waals surface area contributed by atoms with Crippen LogP contribution in [0.15, 0.2) is 64.2 Å². The van der Waals surface area contributed by atoms with Crippen molar-refractivity contribution in [1.29, 1.82) is 0 Å². The van der Waals surface area contributed by atoms with Gasteiger partial charge in [0.05, 0.1) is 16.6 Å². The summed E-state index contributed by atoms with van der Waals surface area (Å²) in [6.07, 6.45) is 0. The van der Waals surface area contributed by atoms with E-state index in [1.54, 1.807) is 6.92 Å². The van der Waals surface area contributed by atoms with Gasteiger partial charge in [0.25, 0.3) is 11.1 Å². The summed E-state index contributed by atoms with van der Waals surface area (Å²) in [7, 11) is 0. The third kappa shape index (κ3) is 2.47. The molecule has 1 N–H and O–H groups in total. The summed E-state index contributed by atoms with van der Waals surface area (Å²) >= 11 is 0. The Labute approximate surface area is 147 Å². The molecule has 130 valence electrons. The number of fused-ring (bicyclic) bond motifs is 1. The first-order valence-corrected chi connectivity index (χ1v) is 8.16. The van der Waals surface area contributed by atoms with Gasteiger partial charge < -0.3 is 0 Å². The van der Waals surface area contributed by atoms with Crippen molar-refractivity contribution in [3.8, 4) is 11.4 Å². The van der Waals surface area contributed by atoms with Crippen molar-refractivity contribution in [3.05, 3.63) is 92.4 Å². The van der Waals surface area contributed by atoms with Crippen LogP contribution in [0.5, 0.6) is 0 Å². The molecular weight excluding hydrogens is 333 g/mol. The number of hydrogen-bond donors (Lipinski definition) is 1. The third-order valence-corrected chi connectivity index (χ3v) is 4.45. The Balaban J connectivity index is 2.01. The fourth-order valence-corrected chi connectivity index (χ4v) is 3.23. The molecule has 6 heteroatoms. The highest BCUT2D eigenvalue weighted by Gasteiger charge is 2.16. The van der Waals surface area contributed by atoms with Crippen molar-refractivity contribution < 1.29 is 4.39 Å². The van der Waals surface area contributed by atoms with E-state index in [4.69, 9.17) is 0 Å². The van der Waals surface area contributed by atoms with Crippen molar-refractivity contribution in [2.75, 3.05) is 0 Å². The number of H-pyrrole nitrogens is 1. The van der Waals surface area contributed by atoms with Gasteiger partial charge in [0.1, 0.15) is 5.82 Å². The van der Waals surface area contributed by atoms with E-state index >= 15 is 0 Å². The second kappa shape index (κ2) is 5.84. The summed E-state index contributed by atoms with van der Waals surface area (Å²) in [6.45, 7) is 3.66. The Morgan fingerprint density at radius 2 is 1.65 bits per heavy atom. The molecule has 2 aromatic carbocycles. The minimum atomic E-state index is -0.385. The molecule has 4 rings (SSSR count). The van der Waals surface area contributed by atoms with Crippen LogP contribution in [-0.4, -0.2) is 14.3 Å². The standard InChI is InChI=1S/C20H16FN3O2/c1-12-4-3-5-16(10-12)24-20(26)19-13(2)23(18(25)11-17(19)22-24)15-8-6-14(21)7-9-15/h3-11,22H,1-2H3. The van der Waals surface area contributed by atoms with Crippen molar-refractivity contribution >= 4 is 10.9 Å². The molecule has 0 amide bonds. The number of nitrogens with zero attached hydrogens (tertiary/aromatic N) is 2. The summed E-state index contributed by atoms with van der Waals surface area (Å²) in [5.74, 6) is -0.385. The smallest absolute Gasteiger partial charge is 0.280 e. The molecular formula is C20H16FN3O2. The topological polar surface area (TPSA) is 59.8 Å². The second-order valence-electron chi connectivity index (χ2n) is 6.26. The van der Waals surface area contributed by atoms with Crippen LogP contribution >= 0.6 is 0 Å². The van der Waals surface area contributed by atoms with Gasteiger partial charge in [-0.2, -0.15) is 0 Å². The average Bonchev–Trinajstić information content (AvgIpc) is 2.93. The lowest BCUT2D eigenvalue weighted by Gasteiger charge is -2.09. The maximum Gasteiger partial charge on any atom is 0.280 e. The van der Waals surface area contributed by atoms with E-state index in [2.05, 4.69) is 5.10 Å². The Morgan fingerprint density at radius 1 is 0.923 bits per heavy atom. The summed E-state index contributed by atoms with van der Waals surface area (Å²) < 4.78 is 16.0. The number of rotatable bonds is 2. The largest absolute Gasteiger partial charge is 0.290 e. The van der Waals surface area contributed by atoms with Gasteiger partial charge in [-0.1, -0.05) is 12.1 Å². The number of nitrogens with one attached hydrogen (secondary N) is 1. The molecule has 0 fully saturated rings. The quantitative estimate of drug-likeness (QED) is 0.604. The molecule has 0 unspecified atom stereocenters. The van der Waals surface area contributed by atoms with Gasteiger partial charge >= 0.3 is 0 Å². The summed E-state index contributed by atoms with van der Waals surface area (Å²) in [5, 5.41) is 3.43. The van der Waals surface area contributed by atoms with Gasteiger partial charge in [-0.25, -0.2) is 9.07 Å². The number of hydrogen-bond acceptors (Lipinski definition) is 2. The Morgan fingerprint density at radius 3 is 2.35 bits per heavy atom. The minimum absolute atomic E-state index is 0.237. The molecule has 0 aliphatic carbocycles. The molecule has 26 heavy (non-hydrogen) atoms. The van der Waals surface area contributed by atoms with Gasteiger partial charge in [0.15, 0.2) is 0 Å². The monoisotopic (exact) mass is 349 g/mol. The predicted octanol–water partition coefficient (Wildman–Crippen LogP) is 3.23. The van der Waals surface area contributed by atoms with Crippen molar-refractivity contribution in [1.82, 2.24) is 14.3 Å². The van der Waals surface area contributed by atoms with Crippen LogP contribution < -0.4 is 11.1 Å². The predicted molar refractivity (Wildman–Crippen MR) is 98.9 cm³/mol. The molecule has 2 heterocycles. The summed E-state index contributed by atoms with van der Waals surface area (Å²) in [4.78, 5) is 25.6. The van der Waals surface area contributed by atoms with Crippen LogP contribution in [0.2, 0.25) is 0 Å². The number of halogens is 1. The molecule has 0 radical (unpaired) electrons. The van der Waals surface area contributed by atoms with Gasteiger partial charge in [-0.3, -0.25) is 19.3 Å². The Bertz CT molecular complexity index is 1250. The number of aryl methyl sites for hydroxylation is 2. The number of aromatic amines is 1. The SMILES string of the molecule is Cc1cccc(-n2[nH]c3cc(=O)n(-c4ccc(F)cc4)c(C)c3c2=O)c1. The Kier molecular flexibility index (Phi) is 3.61. The normalized spacial score (nSPS) is 11.2. The van der Waals surface area contributed by atoms with Gasteiger partial charge in [0.2, 0.25) is 0 Å².